The Morgan fingerprint density at radius 1 is 1.53 bits per heavy atom. The average Bonchev–Trinajstić information content (AvgIpc) is 2.91. The molecule has 0 bridgehead atoms. The predicted octanol–water partition coefficient (Wildman–Crippen LogP) is 3.61. The van der Waals surface area contributed by atoms with Crippen molar-refractivity contribution in [2.45, 2.75) is 51.2 Å². The standard InChI is InChI=1S/C15H23BrN2O/c1-11-7-8-12(10-14(11)16)15(18-17)6-2-4-13-5-3-9-19-13/h7-8,10,13,15,18H,2-6,9,17H2,1H3. The van der Waals surface area contributed by atoms with Gasteiger partial charge >= 0.3 is 0 Å². The molecule has 3 N–H and O–H groups in total. The van der Waals surface area contributed by atoms with E-state index in [2.05, 4.69) is 46.5 Å². The fourth-order valence-electron chi connectivity index (χ4n) is 2.59. The van der Waals surface area contributed by atoms with Crippen LogP contribution in [0.2, 0.25) is 0 Å². The van der Waals surface area contributed by atoms with Gasteiger partial charge in [0.25, 0.3) is 0 Å². The molecular formula is C15H23BrN2O. The van der Waals surface area contributed by atoms with Gasteiger partial charge in [0.05, 0.1) is 6.10 Å². The van der Waals surface area contributed by atoms with Crippen LogP contribution in [0.5, 0.6) is 0 Å². The molecule has 2 rings (SSSR count). The second-order valence-corrected chi connectivity index (χ2v) is 6.15. The highest BCUT2D eigenvalue weighted by molar-refractivity contribution is 9.10. The second-order valence-electron chi connectivity index (χ2n) is 5.29. The van der Waals surface area contributed by atoms with E-state index in [0.29, 0.717) is 6.10 Å². The number of benzene rings is 1. The first kappa shape index (κ1) is 15.0. The maximum absolute atomic E-state index is 5.69. The van der Waals surface area contributed by atoms with Crippen LogP contribution in [0.1, 0.15) is 49.3 Å². The third kappa shape index (κ3) is 4.28. The molecule has 4 heteroatoms. The molecule has 1 heterocycles. The molecule has 1 aliphatic heterocycles. The molecule has 3 nitrogen and oxygen atoms in total. The van der Waals surface area contributed by atoms with E-state index < -0.39 is 0 Å². The van der Waals surface area contributed by atoms with Gasteiger partial charge in [-0.3, -0.25) is 11.3 Å². The monoisotopic (exact) mass is 326 g/mol. The zero-order valence-electron chi connectivity index (χ0n) is 11.5. The first-order valence-corrected chi connectivity index (χ1v) is 7.84. The van der Waals surface area contributed by atoms with Gasteiger partial charge in [0.15, 0.2) is 0 Å². The number of rotatable bonds is 6. The summed E-state index contributed by atoms with van der Waals surface area (Å²) in [5, 5.41) is 0. The highest BCUT2D eigenvalue weighted by atomic mass is 79.9. The topological polar surface area (TPSA) is 47.3 Å². The smallest absolute Gasteiger partial charge is 0.0576 e. The minimum atomic E-state index is 0.221. The number of halogens is 1. The molecule has 0 aliphatic carbocycles. The van der Waals surface area contributed by atoms with Crippen LogP contribution in [-0.4, -0.2) is 12.7 Å². The fraction of sp³-hybridized carbons (Fsp3) is 0.600. The van der Waals surface area contributed by atoms with Crippen molar-refractivity contribution >= 4 is 15.9 Å². The number of nitrogens with one attached hydrogen (secondary N) is 1. The summed E-state index contributed by atoms with van der Waals surface area (Å²) in [6.45, 7) is 3.03. The number of hydrogen-bond donors (Lipinski definition) is 2. The van der Waals surface area contributed by atoms with Crippen LogP contribution < -0.4 is 11.3 Å². The summed E-state index contributed by atoms with van der Waals surface area (Å²) in [5.74, 6) is 5.69. The molecule has 2 unspecified atom stereocenters. The van der Waals surface area contributed by atoms with E-state index in [1.165, 1.54) is 24.0 Å². The zero-order chi connectivity index (χ0) is 13.7. The van der Waals surface area contributed by atoms with Gasteiger partial charge in [-0.05, 0) is 56.2 Å². The second kappa shape index (κ2) is 7.39. The Hall–Kier alpha value is -0.420. The fourth-order valence-corrected chi connectivity index (χ4v) is 2.99. The molecule has 2 atom stereocenters. The van der Waals surface area contributed by atoms with Gasteiger partial charge in [-0.2, -0.15) is 0 Å². The van der Waals surface area contributed by atoms with E-state index in [4.69, 9.17) is 10.6 Å². The van der Waals surface area contributed by atoms with Crippen LogP contribution in [0, 0.1) is 6.92 Å². The summed E-state index contributed by atoms with van der Waals surface area (Å²) in [7, 11) is 0. The molecule has 1 saturated heterocycles. The minimum absolute atomic E-state index is 0.221. The maximum atomic E-state index is 5.69. The van der Waals surface area contributed by atoms with Gasteiger partial charge in [0, 0.05) is 17.1 Å². The average molecular weight is 327 g/mol. The van der Waals surface area contributed by atoms with Crippen molar-refractivity contribution in [1.29, 1.82) is 0 Å². The normalized spacial score (nSPS) is 20.7. The summed E-state index contributed by atoms with van der Waals surface area (Å²) < 4.78 is 6.79. The lowest BCUT2D eigenvalue weighted by Crippen LogP contribution is -2.28. The van der Waals surface area contributed by atoms with Crippen molar-refractivity contribution in [3.05, 3.63) is 33.8 Å². The molecule has 0 radical (unpaired) electrons. The third-order valence-corrected chi connectivity index (χ3v) is 4.70. The van der Waals surface area contributed by atoms with Crippen LogP contribution in [0.25, 0.3) is 0 Å². The highest BCUT2D eigenvalue weighted by Crippen LogP contribution is 2.26. The van der Waals surface area contributed by atoms with Crippen LogP contribution >= 0.6 is 15.9 Å². The lowest BCUT2D eigenvalue weighted by Gasteiger charge is -2.18. The predicted molar refractivity (Wildman–Crippen MR) is 81.8 cm³/mol. The minimum Gasteiger partial charge on any atom is -0.378 e. The van der Waals surface area contributed by atoms with E-state index in [0.717, 1.165) is 30.3 Å². The molecule has 0 saturated carbocycles. The van der Waals surface area contributed by atoms with Crippen molar-refractivity contribution in [3.63, 3.8) is 0 Å². The van der Waals surface area contributed by atoms with Gasteiger partial charge in [-0.25, -0.2) is 0 Å². The maximum Gasteiger partial charge on any atom is 0.0576 e. The lowest BCUT2D eigenvalue weighted by atomic mass is 9.99. The van der Waals surface area contributed by atoms with Crippen molar-refractivity contribution in [3.8, 4) is 0 Å². The van der Waals surface area contributed by atoms with Crippen molar-refractivity contribution in [2.24, 2.45) is 5.84 Å². The van der Waals surface area contributed by atoms with Gasteiger partial charge in [0.1, 0.15) is 0 Å². The summed E-state index contributed by atoms with van der Waals surface area (Å²) >= 11 is 3.58. The van der Waals surface area contributed by atoms with Crippen LogP contribution in [0.3, 0.4) is 0 Å². The van der Waals surface area contributed by atoms with Crippen molar-refractivity contribution in [2.75, 3.05) is 6.61 Å². The van der Waals surface area contributed by atoms with Crippen molar-refractivity contribution < 1.29 is 4.74 Å². The van der Waals surface area contributed by atoms with E-state index in [1.807, 2.05) is 0 Å². The Kier molecular flexibility index (Phi) is 5.82. The first-order chi connectivity index (χ1) is 9.20. The molecule has 1 aliphatic rings. The number of aryl methyl sites for hydroxylation is 1. The summed E-state index contributed by atoms with van der Waals surface area (Å²) in [4.78, 5) is 0. The Bertz CT molecular complexity index is 405. The highest BCUT2D eigenvalue weighted by Gasteiger charge is 2.16. The molecule has 1 fully saturated rings. The van der Waals surface area contributed by atoms with Gasteiger partial charge in [0.2, 0.25) is 0 Å². The molecular weight excluding hydrogens is 304 g/mol. The number of ether oxygens (including phenoxy) is 1. The van der Waals surface area contributed by atoms with E-state index >= 15 is 0 Å². The molecule has 106 valence electrons. The molecule has 0 aromatic heterocycles. The summed E-state index contributed by atoms with van der Waals surface area (Å²) in [6.07, 6.45) is 6.25. The number of hydrazine groups is 1. The Morgan fingerprint density at radius 2 is 2.37 bits per heavy atom. The SMILES string of the molecule is Cc1ccc(C(CCCC2CCCO2)NN)cc1Br. The van der Waals surface area contributed by atoms with Gasteiger partial charge in [-0.1, -0.05) is 28.1 Å². The largest absolute Gasteiger partial charge is 0.378 e. The van der Waals surface area contributed by atoms with E-state index in [9.17, 15) is 0 Å². The van der Waals surface area contributed by atoms with E-state index in [1.54, 1.807) is 0 Å². The van der Waals surface area contributed by atoms with Gasteiger partial charge in [-0.15, -0.1) is 0 Å². The van der Waals surface area contributed by atoms with Crippen LogP contribution in [0.15, 0.2) is 22.7 Å². The van der Waals surface area contributed by atoms with Gasteiger partial charge < -0.3 is 4.74 Å². The van der Waals surface area contributed by atoms with E-state index in [-0.39, 0.29) is 6.04 Å². The number of hydrogen-bond acceptors (Lipinski definition) is 3. The summed E-state index contributed by atoms with van der Waals surface area (Å²) in [5.41, 5.74) is 5.42. The third-order valence-electron chi connectivity index (χ3n) is 3.84. The molecule has 0 spiro atoms. The lowest BCUT2D eigenvalue weighted by molar-refractivity contribution is 0.101. The zero-order valence-corrected chi connectivity index (χ0v) is 13.1. The molecule has 19 heavy (non-hydrogen) atoms. The Balaban J connectivity index is 1.86. The van der Waals surface area contributed by atoms with Crippen LogP contribution in [0.4, 0.5) is 0 Å². The molecule has 0 amide bonds. The number of nitrogens with two attached hydrogens (primary N) is 1. The Morgan fingerprint density at radius 3 is 3.00 bits per heavy atom. The van der Waals surface area contributed by atoms with Crippen molar-refractivity contribution in [1.82, 2.24) is 5.43 Å². The quantitative estimate of drug-likeness (QED) is 0.620. The molecule has 1 aromatic rings. The van der Waals surface area contributed by atoms with Crippen LogP contribution in [-0.2, 0) is 4.74 Å². The molecule has 1 aromatic carbocycles. The Labute approximate surface area is 124 Å². The first-order valence-electron chi connectivity index (χ1n) is 7.04. The summed E-state index contributed by atoms with van der Waals surface area (Å²) in [6, 6.07) is 6.66.